The van der Waals surface area contributed by atoms with Crippen LogP contribution in [0.15, 0.2) is 94.8 Å². The zero-order valence-corrected chi connectivity index (χ0v) is 28.6. The Morgan fingerprint density at radius 1 is 0.850 bits per heavy atom. The molecule has 0 nitrogen and oxygen atoms in total. The average molecular weight is 647 g/mol. The van der Waals surface area contributed by atoms with Crippen molar-refractivity contribution in [3.8, 4) is 11.1 Å². The molecule has 0 N–H and O–H groups in total. The molecule has 3 aromatic rings. The molecule has 0 aromatic heterocycles. The molecule has 0 spiro atoms. The van der Waals surface area contributed by atoms with Gasteiger partial charge in [0.05, 0.1) is 0 Å². The summed E-state index contributed by atoms with van der Waals surface area (Å²) in [6.45, 7) is 22.2. The van der Waals surface area contributed by atoms with Gasteiger partial charge in [0.15, 0.2) is 0 Å². The van der Waals surface area contributed by atoms with Gasteiger partial charge in [-0.2, -0.15) is 0 Å². The van der Waals surface area contributed by atoms with Crippen molar-refractivity contribution in [2.45, 2.75) is 51.6 Å². The second-order valence-corrected chi connectivity index (χ2v) is 18.6. The molecule has 0 bridgehead atoms. The smallest absolute Gasteiger partial charge is 1.00 e. The van der Waals surface area contributed by atoms with Crippen molar-refractivity contribution < 1.29 is 46.1 Å². The SMILES string of the molecule is C=Cc1ccc2c(c1)-c1cc(C=C)ccc1[CH]2/[Zr+2]([C]1=CC(C(C)(C)C)=CC1CC)=[C](\C)c1ccc(C)cc1.[Cl-].[Cl-]. The van der Waals surface area contributed by atoms with Gasteiger partial charge in [-0.15, -0.1) is 0 Å². The van der Waals surface area contributed by atoms with Crippen LogP contribution in [0.5, 0.6) is 0 Å². The van der Waals surface area contributed by atoms with Crippen molar-refractivity contribution in [1.82, 2.24) is 0 Å². The summed E-state index contributed by atoms with van der Waals surface area (Å²) in [7, 11) is 0. The molecular weight excluding hydrogens is 607 g/mol. The fourth-order valence-corrected chi connectivity index (χ4v) is 15.5. The standard InChI is InChI=1S/C17H13.C11H17.C9H10.2ClH.Zr/c1-3-12-5-7-14-11-15-8-6-13(4-2)10-17(15)16(14)9-12;1-5-9-6-7-10(8-9)11(2,3)4;1-3-9-6-4-8(2)5-7-9;;;/h3-11H,1-2H2;7-9H,5H2,1-4H3;4-7H,1-2H3;2*1H;/q;;;;;+2/p-2. The van der Waals surface area contributed by atoms with Gasteiger partial charge in [-0.05, 0) is 0 Å². The average Bonchev–Trinajstić information content (AvgIpc) is 3.48. The number of fused-ring (bicyclic) bond motifs is 3. The van der Waals surface area contributed by atoms with Crippen LogP contribution in [0.4, 0.5) is 0 Å². The molecule has 206 valence electrons. The molecule has 3 aromatic carbocycles. The number of hydrogen-bond acceptors (Lipinski definition) is 0. The number of rotatable bonds is 6. The van der Waals surface area contributed by atoms with Gasteiger partial charge in [0.1, 0.15) is 0 Å². The van der Waals surface area contributed by atoms with E-state index in [0.717, 1.165) is 6.42 Å². The van der Waals surface area contributed by atoms with Crippen molar-refractivity contribution in [2.75, 3.05) is 0 Å². The maximum absolute atomic E-state index is 4.07. The summed E-state index contributed by atoms with van der Waals surface area (Å²) in [6.07, 6.45) is 10.3. The molecule has 3 heteroatoms. The van der Waals surface area contributed by atoms with Gasteiger partial charge in [0.25, 0.3) is 0 Å². The Morgan fingerprint density at radius 2 is 1.38 bits per heavy atom. The maximum atomic E-state index is 4.07. The molecule has 0 fully saturated rings. The van der Waals surface area contributed by atoms with Gasteiger partial charge in [0.2, 0.25) is 0 Å². The topological polar surface area (TPSA) is 0 Å². The monoisotopic (exact) mass is 644 g/mol. The van der Waals surface area contributed by atoms with Crippen molar-refractivity contribution in [2.24, 2.45) is 11.3 Å². The van der Waals surface area contributed by atoms with Gasteiger partial charge < -0.3 is 24.8 Å². The van der Waals surface area contributed by atoms with Crippen molar-refractivity contribution in [1.29, 1.82) is 0 Å². The Morgan fingerprint density at radius 3 is 1.82 bits per heavy atom. The first kappa shape index (κ1) is 32.5. The van der Waals surface area contributed by atoms with E-state index < -0.39 is 21.3 Å². The van der Waals surface area contributed by atoms with Gasteiger partial charge in [-0.25, -0.2) is 0 Å². The van der Waals surface area contributed by atoms with Crippen molar-refractivity contribution in [3.63, 3.8) is 0 Å². The summed E-state index contributed by atoms with van der Waals surface area (Å²) in [5.74, 6) is 0.534. The van der Waals surface area contributed by atoms with Crippen molar-refractivity contribution >= 4 is 15.4 Å². The molecular formula is C37H40Cl2Zr. The third-order valence-electron chi connectivity index (χ3n) is 8.42. The molecule has 2 aliphatic rings. The first-order chi connectivity index (χ1) is 18.2. The van der Waals surface area contributed by atoms with Crippen LogP contribution < -0.4 is 24.8 Å². The van der Waals surface area contributed by atoms with E-state index in [9.17, 15) is 0 Å². The molecule has 2 aliphatic carbocycles. The van der Waals surface area contributed by atoms with Crippen LogP contribution in [0.3, 0.4) is 0 Å². The third kappa shape index (κ3) is 5.95. The Hall–Kier alpha value is -2.05. The summed E-state index contributed by atoms with van der Waals surface area (Å²) in [5, 5.41) is 0. The van der Waals surface area contributed by atoms with Gasteiger partial charge in [-0.3, -0.25) is 0 Å². The fraction of sp³-hybridized carbons (Fsp3) is 0.270. The summed E-state index contributed by atoms with van der Waals surface area (Å²) >= 11 is -2.53. The Labute approximate surface area is 262 Å². The second kappa shape index (κ2) is 12.9. The van der Waals surface area contributed by atoms with Crippen LogP contribution in [0.2, 0.25) is 0 Å². The minimum atomic E-state index is -2.53. The minimum Gasteiger partial charge on any atom is -1.00 e. The quantitative estimate of drug-likeness (QED) is 0.379. The van der Waals surface area contributed by atoms with Gasteiger partial charge >= 0.3 is 239 Å². The first-order valence-electron chi connectivity index (χ1n) is 13.9. The van der Waals surface area contributed by atoms with Crippen LogP contribution in [0.1, 0.15) is 78.0 Å². The molecule has 0 aliphatic heterocycles. The Kier molecular flexibility index (Phi) is 10.4. The largest absolute Gasteiger partial charge is 1.00 e. The van der Waals surface area contributed by atoms with Crippen LogP contribution in [-0.2, 0) is 21.3 Å². The number of allylic oxidation sites excluding steroid dienone is 4. The number of benzene rings is 3. The number of aryl methyl sites for hydroxylation is 1. The zero-order chi connectivity index (χ0) is 27.2. The van der Waals surface area contributed by atoms with E-state index in [-0.39, 0.29) is 30.2 Å². The van der Waals surface area contributed by atoms with E-state index in [1.165, 1.54) is 50.1 Å². The molecule has 0 amide bonds. The maximum Gasteiger partial charge on any atom is -1.00 e. The van der Waals surface area contributed by atoms with E-state index in [4.69, 9.17) is 0 Å². The summed E-state index contributed by atoms with van der Waals surface area (Å²) in [6, 6.07) is 23.3. The third-order valence-corrected chi connectivity index (χ3v) is 16.9. The van der Waals surface area contributed by atoms with Crippen molar-refractivity contribution in [3.05, 3.63) is 128 Å². The second-order valence-electron chi connectivity index (χ2n) is 11.9. The van der Waals surface area contributed by atoms with Crippen LogP contribution >= 0.6 is 0 Å². The molecule has 1 atom stereocenters. The Balaban J connectivity index is 0.00000220. The van der Waals surface area contributed by atoms with E-state index in [2.05, 4.69) is 128 Å². The predicted octanol–water partition coefficient (Wildman–Crippen LogP) is 4.11. The normalized spacial score (nSPS) is 16.1. The fourth-order valence-electron chi connectivity index (χ4n) is 6.12. The summed E-state index contributed by atoms with van der Waals surface area (Å²) in [4.78, 5) is 0. The van der Waals surface area contributed by atoms with E-state index in [1.54, 1.807) is 6.49 Å². The molecule has 0 saturated carbocycles. The molecule has 0 saturated heterocycles. The number of halogens is 2. The van der Waals surface area contributed by atoms with Crippen LogP contribution in [-0.4, -0.2) is 3.21 Å². The Bertz CT molecular complexity index is 1470. The molecule has 5 rings (SSSR count). The molecule has 0 heterocycles. The predicted molar refractivity (Wildman–Crippen MR) is 164 cm³/mol. The van der Waals surface area contributed by atoms with E-state index in [0.29, 0.717) is 9.54 Å². The summed E-state index contributed by atoms with van der Waals surface area (Å²) in [5.41, 5.74) is 12.6. The van der Waals surface area contributed by atoms with Crippen LogP contribution in [0, 0.1) is 18.3 Å². The summed E-state index contributed by atoms with van der Waals surface area (Å²) < 4.78 is 3.85. The van der Waals surface area contributed by atoms with Crippen LogP contribution in [0.25, 0.3) is 23.3 Å². The molecule has 0 radical (unpaired) electrons. The van der Waals surface area contributed by atoms with E-state index >= 15 is 0 Å². The zero-order valence-electron chi connectivity index (χ0n) is 24.6. The van der Waals surface area contributed by atoms with E-state index in [1.807, 2.05) is 12.2 Å². The van der Waals surface area contributed by atoms with Gasteiger partial charge in [-0.1, -0.05) is 0 Å². The molecule has 40 heavy (non-hydrogen) atoms. The molecule has 1 unspecified atom stereocenters. The minimum absolute atomic E-state index is 0. The number of hydrogen-bond donors (Lipinski definition) is 0. The van der Waals surface area contributed by atoms with Gasteiger partial charge in [0, 0.05) is 0 Å². The first-order valence-corrected chi connectivity index (χ1v) is 17.8.